The van der Waals surface area contributed by atoms with Gasteiger partial charge in [0, 0.05) is 18.8 Å². The Balaban J connectivity index is 2.97. The first kappa shape index (κ1) is 13.6. The molecular weight excluding hydrogens is 216 g/mol. The van der Waals surface area contributed by atoms with Crippen LogP contribution < -0.4 is 5.56 Å². The minimum atomic E-state index is -0.105. The van der Waals surface area contributed by atoms with Crippen molar-refractivity contribution in [3.8, 4) is 0 Å². The van der Waals surface area contributed by atoms with Crippen LogP contribution >= 0.6 is 0 Å². The van der Waals surface area contributed by atoms with E-state index in [1.807, 2.05) is 27.2 Å². The van der Waals surface area contributed by atoms with Crippen molar-refractivity contribution in [1.29, 1.82) is 0 Å². The molecule has 1 aromatic heterocycles. The Morgan fingerprint density at radius 1 is 1.41 bits per heavy atom. The summed E-state index contributed by atoms with van der Waals surface area (Å²) in [7, 11) is 4.03. The van der Waals surface area contributed by atoms with E-state index in [2.05, 4.69) is 4.90 Å². The Morgan fingerprint density at radius 2 is 2.06 bits per heavy atom. The summed E-state index contributed by atoms with van der Waals surface area (Å²) in [5, 5.41) is 0. The molecule has 0 aromatic carbocycles. The highest BCUT2D eigenvalue weighted by atomic mass is 16.1. The van der Waals surface area contributed by atoms with Crippen LogP contribution in [0.15, 0.2) is 17.1 Å². The lowest BCUT2D eigenvalue weighted by Gasteiger charge is -2.13. The Kier molecular flexibility index (Phi) is 4.63. The molecule has 1 aromatic rings. The van der Waals surface area contributed by atoms with Crippen molar-refractivity contribution in [3.05, 3.63) is 33.7 Å². The number of Topliss-reactive ketones (excluding diaryl/α,β-unsaturated/α-hetero) is 1. The molecule has 17 heavy (non-hydrogen) atoms. The van der Waals surface area contributed by atoms with E-state index in [1.54, 1.807) is 6.07 Å². The summed E-state index contributed by atoms with van der Waals surface area (Å²) in [6.07, 6.45) is 2.69. The average molecular weight is 236 g/mol. The average Bonchev–Trinajstić information content (AvgIpc) is 2.19. The molecule has 1 rings (SSSR count). The number of aromatic nitrogens is 1. The topological polar surface area (TPSA) is 42.3 Å². The van der Waals surface area contributed by atoms with Crippen molar-refractivity contribution in [1.82, 2.24) is 9.47 Å². The van der Waals surface area contributed by atoms with E-state index >= 15 is 0 Å². The van der Waals surface area contributed by atoms with Gasteiger partial charge in [0.1, 0.15) is 5.78 Å². The number of likely N-dealkylation sites (N-methyl/N-ethyl adjacent to an activating group) is 1. The largest absolute Gasteiger partial charge is 0.309 e. The molecule has 1 heterocycles. The first-order chi connectivity index (χ1) is 7.90. The molecule has 0 radical (unpaired) electrons. The van der Waals surface area contributed by atoms with E-state index in [0.717, 1.165) is 24.1 Å². The van der Waals surface area contributed by atoms with Crippen LogP contribution in [-0.4, -0.2) is 35.9 Å². The molecule has 0 aliphatic rings. The summed E-state index contributed by atoms with van der Waals surface area (Å²) in [5.74, 6) is -0.00508. The van der Waals surface area contributed by atoms with E-state index in [4.69, 9.17) is 0 Å². The van der Waals surface area contributed by atoms with Crippen LogP contribution in [0.3, 0.4) is 0 Å². The van der Waals surface area contributed by atoms with E-state index in [9.17, 15) is 9.59 Å². The maximum absolute atomic E-state index is 11.7. The molecule has 0 unspecified atom stereocenters. The molecule has 0 aliphatic heterocycles. The van der Waals surface area contributed by atoms with Crippen molar-refractivity contribution >= 4 is 5.78 Å². The lowest BCUT2D eigenvalue weighted by molar-refractivity contribution is -0.117. The number of carbonyl (C=O) groups is 1. The standard InChI is InChI=1S/C13H20N2O2/c1-10-7-13(17)15(8-11(2)16)9-12(10)5-6-14(3)4/h7,9H,5-6,8H2,1-4H3. The lowest BCUT2D eigenvalue weighted by atomic mass is 10.1. The van der Waals surface area contributed by atoms with Gasteiger partial charge in [0.05, 0.1) is 6.54 Å². The SMILES string of the molecule is CC(=O)Cn1cc(CCN(C)C)c(C)cc1=O. The number of carbonyl (C=O) groups excluding carboxylic acids is 1. The first-order valence-corrected chi connectivity index (χ1v) is 5.74. The summed E-state index contributed by atoms with van der Waals surface area (Å²) in [6.45, 7) is 4.52. The van der Waals surface area contributed by atoms with Gasteiger partial charge in [0.2, 0.25) is 0 Å². The zero-order chi connectivity index (χ0) is 13.0. The zero-order valence-electron chi connectivity index (χ0n) is 11.0. The minimum absolute atomic E-state index is 0.00508. The second-order valence-electron chi connectivity index (χ2n) is 4.70. The van der Waals surface area contributed by atoms with Crippen LogP contribution in [0, 0.1) is 6.92 Å². The van der Waals surface area contributed by atoms with Gasteiger partial charge in [0.25, 0.3) is 5.56 Å². The van der Waals surface area contributed by atoms with Gasteiger partial charge in [-0.05, 0) is 45.5 Å². The second kappa shape index (κ2) is 5.77. The van der Waals surface area contributed by atoms with Crippen molar-refractivity contribution in [2.24, 2.45) is 0 Å². The Morgan fingerprint density at radius 3 is 2.59 bits per heavy atom. The number of hydrogen-bond donors (Lipinski definition) is 0. The monoisotopic (exact) mass is 236 g/mol. The summed E-state index contributed by atoms with van der Waals surface area (Å²) < 4.78 is 1.49. The highest BCUT2D eigenvalue weighted by Gasteiger charge is 2.05. The van der Waals surface area contributed by atoms with Gasteiger partial charge < -0.3 is 9.47 Å². The van der Waals surface area contributed by atoms with E-state index in [-0.39, 0.29) is 17.9 Å². The molecule has 0 spiro atoms. The lowest BCUT2D eigenvalue weighted by Crippen LogP contribution is -2.24. The minimum Gasteiger partial charge on any atom is -0.309 e. The van der Waals surface area contributed by atoms with Crippen molar-refractivity contribution in [2.45, 2.75) is 26.8 Å². The molecule has 0 saturated carbocycles. The van der Waals surface area contributed by atoms with Crippen molar-refractivity contribution in [3.63, 3.8) is 0 Å². The summed E-state index contributed by atoms with van der Waals surface area (Å²) in [5.41, 5.74) is 2.02. The highest BCUT2D eigenvalue weighted by molar-refractivity contribution is 5.75. The van der Waals surface area contributed by atoms with E-state index in [1.165, 1.54) is 11.5 Å². The fraction of sp³-hybridized carbons (Fsp3) is 0.538. The summed E-state index contributed by atoms with van der Waals surface area (Å²) >= 11 is 0. The van der Waals surface area contributed by atoms with Gasteiger partial charge >= 0.3 is 0 Å². The molecule has 4 heteroatoms. The van der Waals surface area contributed by atoms with Gasteiger partial charge in [-0.2, -0.15) is 0 Å². The fourth-order valence-corrected chi connectivity index (χ4v) is 1.68. The van der Waals surface area contributed by atoms with Crippen molar-refractivity contribution in [2.75, 3.05) is 20.6 Å². The third kappa shape index (κ3) is 4.15. The van der Waals surface area contributed by atoms with Gasteiger partial charge in [0.15, 0.2) is 0 Å². The second-order valence-corrected chi connectivity index (χ2v) is 4.70. The molecular formula is C13H20N2O2. The molecule has 0 amide bonds. The number of pyridine rings is 1. The molecule has 0 N–H and O–H groups in total. The number of nitrogens with zero attached hydrogens (tertiary/aromatic N) is 2. The maximum atomic E-state index is 11.7. The van der Waals surface area contributed by atoms with Crippen molar-refractivity contribution < 1.29 is 4.79 Å². The predicted octanol–water partition coefficient (Wildman–Crippen LogP) is 0.850. The Bertz CT molecular complexity index is 461. The molecule has 0 atom stereocenters. The third-order valence-corrected chi connectivity index (χ3v) is 2.66. The number of ketones is 1. The molecule has 94 valence electrons. The molecule has 0 bridgehead atoms. The van der Waals surface area contributed by atoms with Gasteiger partial charge in [-0.3, -0.25) is 9.59 Å². The molecule has 0 saturated heterocycles. The first-order valence-electron chi connectivity index (χ1n) is 5.74. The van der Waals surface area contributed by atoms with Gasteiger partial charge in [-0.1, -0.05) is 0 Å². The maximum Gasteiger partial charge on any atom is 0.251 e. The number of rotatable bonds is 5. The van der Waals surface area contributed by atoms with E-state index in [0.29, 0.717) is 0 Å². The van der Waals surface area contributed by atoms with E-state index < -0.39 is 0 Å². The van der Waals surface area contributed by atoms with Crippen LogP contribution in [0.25, 0.3) is 0 Å². The zero-order valence-corrected chi connectivity index (χ0v) is 11.0. The summed E-state index contributed by atoms with van der Waals surface area (Å²) in [6, 6.07) is 1.61. The highest BCUT2D eigenvalue weighted by Crippen LogP contribution is 2.06. The van der Waals surface area contributed by atoms with Gasteiger partial charge in [-0.15, -0.1) is 0 Å². The van der Waals surface area contributed by atoms with Crippen LogP contribution in [0.4, 0.5) is 0 Å². The third-order valence-electron chi connectivity index (χ3n) is 2.66. The molecule has 4 nitrogen and oxygen atoms in total. The van der Waals surface area contributed by atoms with Gasteiger partial charge in [-0.25, -0.2) is 0 Å². The Labute approximate surface area is 102 Å². The van der Waals surface area contributed by atoms with Crippen LogP contribution in [0.2, 0.25) is 0 Å². The van der Waals surface area contributed by atoms with Crippen LogP contribution in [0.5, 0.6) is 0 Å². The summed E-state index contributed by atoms with van der Waals surface area (Å²) in [4.78, 5) is 24.8. The van der Waals surface area contributed by atoms with Crippen LogP contribution in [-0.2, 0) is 17.8 Å². The quantitative estimate of drug-likeness (QED) is 0.761. The smallest absolute Gasteiger partial charge is 0.251 e. The number of aryl methyl sites for hydroxylation is 1. The Hall–Kier alpha value is -1.42. The number of hydrogen-bond acceptors (Lipinski definition) is 3. The predicted molar refractivity (Wildman–Crippen MR) is 68.4 cm³/mol. The van der Waals surface area contributed by atoms with Crippen LogP contribution in [0.1, 0.15) is 18.1 Å². The molecule has 0 aliphatic carbocycles. The molecule has 0 fully saturated rings. The normalized spacial score (nSPS) is 10.9. The fourth-order valence-electron chi connectivity index (χ4n) is 1.68.